The molecule has 0 bridgehead atoms. The number of thiophene rings is 1. The zero-order valence-electron chi connectivity index (χ0n) is 30.2. The maximum atomic E-state index is 5.25. The molecule has 8 aromatic carbocycles. The highest BCUT2D eigenvalue weighted by Crippen LogP contribution is 2.44. The van der Waals surface area contributed by atoms with Crippen molar-refractivity contribution in [1.29, 1.82) is 0 Å². The van der Waals surface area contributed by atoms with Gasteiger partial charge in [0, 0.05) is 48.6 Å². The minimum Gasteiger partial charge on any atom is -0.308 e. The summed E-state index contributed by atoms with van der Waals surface area (Å²) < 4.78 is 5.03. The number of nitrogens with zero attached hydrogens (tertiary/aromatic N) is 4. The van der Waals surface area contributed by atoms with Crippen LogP contribution in [0, 0.1) is 0 Å². The third-order valence-electron chi connectivity index (χ3n) is 10.7. The van der Waals surface area contributed by atoms with Crippen molar-refractivity contribution in [2.24, 2.45) is 0 Å². The van der Waals surface area contributed by atoms with Crippen LogP contribution in [0.3, 0.4) is 0 Å². The molecule has 4 nitrogen and oxygen atoms in total. The lowest BCUT2D eigenvalue weighted by atomic mass is 9.98. The molecule has 0 spiro atoms. The number of hydrogen-bond acceptors (Lipinski definition) is 4. The van der Waals surface area contributed by atoms with Crippen LogP contribution in [0.4, 0.5) is 0 Å². The monoisotopic (exact) mass is 732 g/mol. The summed E-state index contributed by atoms with van der Waals surface area (Å²) in [7, 11) is 0. The van der Waals surface area contributed by atoms with Gasteiger partial charge in [0.15, 0.2) is 17.5 Å². The Kier molecular flexibility index (Phi) is 7.64. The third-order valence-corrected chi connectivity index (χ3v) is 11.9. The first kappa shape index (κ1) is 32.2. The van der Waals surface area contributed by atoms with Crippen molar-refractivity contribution in [3.8, 4) is 62.1 Å². The Balaban J connectivity index is 1.16. The topological polar surface area (TPSA) is 43.6 Å². The van der Waals surface area contributed by atoms with E-state index in [1.807, 2.05) is 35.6 Å². The highest BCUT2D eigenvalue weighted by Gasteiger charge is 2.21. The summed E-state index contributed by atoms with van der Waals surface area (Å²) in [5.41, 5.74) is 10.7. The molecular weight excluding hydrogens is 701 g/mol. The van der Waals surface area contributed by atoms with Crippen molar-refractivity contribution >= 4 is 53.3 Å². The van der Waals surface area contributed by atoms with Gasteiger partial charge in [-0.2, -0.15) is 0 Å². The van der Waals surface area contributed by atoms with Crippen LogP contribution in [0.5, 0.6) is 0 Å². The van der Waals surface area contributed by atoms with E-state index in [4.69, 9.17) is 15.0 Å². The van der Waals surface area contributed by atoms with E-state index < -0.39 is 0 Å². The molecule has 0 radical (unpaired) electrons. The molecule has 56 heavy (non-hydrogen) atoms. The third kappa shape index (κ3) is 5.40. The van der Waals surface area contributed by atoms with Crippen LogP contribution in [0.2, 0.25) is 0 Å². The Morgan fingerprint density at radius 3 is 1.73 bits per heavy atom. The van der Waals surface area contributed by atoms with Crippen LogP contribution < -0.4 is 0 Å². The van der Waals surface area contributed by atoms with E-state index in [1.54, 1.807) is 0 Å². The zero-order valence-corrected chi connectivity index (χ0v) is 31.0. The van der Waals surface area contributed by atoms with Gasteiger partial charge in [-0.15, -0.1) is 11.3 Å². The minimum absolute atomic E-state index is 0.624. The zero-order chi connectivity index (χ0) is 37.0. The lowest BCUT2D eigenvalue weighted by Crippen LogP contribution is -2.02. The summed E-state index contributed by atoms with van der Waals surface area (Å²) in [6, 6.07) is 68.5. The summed E-state index contributed by atoms with van der Waals surface area (Å²) >= 11 is 1.87. The molecule has 11 rings (SSSR count). The van der Waals surface area contributed by atoms with Crippen LogP contribution in [0.1, 0.15) is 0 Å². The van der Waals surface area contributed by atoms with Crippen LogP contribution in [-0.2, 0) is 0 Å². The fourth-order valence-corrected chi connectivity index (χ4v) is 9.27. The minimum atomic E-state index is 0.624. The molecule has 0 saturated heterocycles. The molecule has 0 fully saturated rings. The van der Waals surface area contributed by atoms with E-state index in [-0.39, 0.29) is 0 Å². The Morgan fingerprint density at radius 1 is 0.357 bits per heavy atom. The van der Waals surface area contributed by atoms with Gasteiger partial charge in [-0.3, -0.25) is 0 Å². The highest BCUT2D eigenvalue weighted by molar-refractivity contribution is 7.26. The smallest absolute Gasteiger partial charge is 0.164 e. The van der Waals surface area contributed by atoms with E-state index in [2.05, 4.69) is 174 Å². The normalized spacial score (nSPS) is 11.6. The van der Waals surface area contributed by atoms with Crippen LogP contribution in [-0.4, -0.2) is 19.5 Å². The van der Waals surface area contributed by atoms with Gasteiger partial charge < -0.3 is 4.57 Å². The van der Waals surface area contributed by atoms with Gasteiger partial charge in [0.25, 0.3) is 0 Å². The van der Waals surface area contributed by atoms with E-state index in [1.165, 1.54) is 42.0 Å². The lowest BCUT2D eigenvalue weighted by molar-refractivity contribution is 1.07. The summed E-state index contributed by atoms with van der Waals surface area (Å²) in [6.45, 7) is 0. The molecule has 0 atom stereocenters. The summed E-state index contributed by atoms with van der Waals surface area (Å²) in [6.07, 6.45) is 0. The van der Waals surface area contributed by atoms with Gasteiger partial charge in [0.2, 0.25) is 0 Å². The van der Waals surface area contributed by atoms with Crippen molar-refractivity contribution < 1.29 is 0 Å². The molecule has 3 aromatic heterocycles. The van der Waals surface area contributed by atoms with Crippen molar-refractivity contribution in [2.75, 3.05) is 0 Å². The van der Waals surface area contributed by atoms with Crippen LogP contribution >= 0.6 is 11.3 Å². The van der Waals surface area contributed by atoms with E-state index in [0.717, 1.165) is 44.6 Å². The summed E-state index contributed by atoms with van der Waals surface area (Å²) in [5, 5.41) is 5.06. The Labute approximate surface area is 327 Å². The molecule has 262 valence electrons. The van der Waals surface area contributed by atoms with Crippen molar-refractivity contribution in [2.45, 2.75) is 0 Å². The average molecular weight is 733 g/mol. The van der Waals surface area contributed by atoms with Crippen LogP contribution in [0.15, 0.2) is 194 Å². The standard InChI is InChI=1S/C51H32N4S/c1-4-15-33(16-5-1)36-21-14-22-37(31-36)50-52-49(35-19-8-3-9-20-35)53-51(54-50)43-28-27-38(32-44(43)34-17-6-2-7-18-34)55-45-25-12-10-23-39(45)41-29-30-42-40-24-11-13-26-46(40)56-48(42)47(41)55/h1-32H. The maximum absolute atomic E-state index is 5.25. The second-order valence-corrected chi connectivity index (χ2v) is 15.1. The van der Waals surface area contributed by atoms with Gasteiger partial charge in [0.05, 0.1) is 15.7 Å². The largest absolute Gasteiger partial charge is 0.308 e. The Morgan fingerprint density at radius 2 is 0.946 bits per heavy atom. The first-order valence-corrected chi connectivity index (χ1v) is 19.6. The molecule has 5 heteroatoms. The van der Waals surface area contributed by atoms with Gasteiger partial charge in [-0.05, 0) is 58.7 Å². The molecule has 0 unspecified atom stereocenters. The highest BCUT2D eigenvalue weighted by atomic mass is 32.1. The number of benzene rings is 8. The fourth-order valence-electron chi connectivity index (χ4n) is 8.03. The molecule has 0 N–H and O–H groups in total. The first-order valence-electron chi connectivity index (χ1n) is 18.8. The second kappa shape index (κ2) is 13.3. The number of hydrogen-bond donors (Lipinski definition) is 0. The second-order valence-electron chi connectivity index (χ2n) is 14.0. The number of para-hydroxylation sites is 1. The van der Waals surface area contributed by atoms with Crippen molar-refractivity contribution in [3.05, 3.63) is 194 Å². The number of aromatic nitrogens is 4. The van der Waals surface area contributed by atoms with Crippen molar-refractivity contribution in [1.82, 2.24) is 19.5 Å². The molecule has 0 saturated carbocycles. The fraction of sp³-hybridized carbons (Fsp3) is 0. The predicted molar refractivity (Wildman–Crippen MR) is 234 cm³/mol. The molecule has 0 aliphatic carbocycles. The quantitative estimate of drug-likeness (QED) is 0.171. The Hall–Kier alpha value is -7.21. The number of fused-ring (bicyclic) bond motifs is 7. The van der Waals surface area contributed by atoms with Crippen LogP contribution in [0.25, 0.3) is 104 Å². The first-order chi connectivity index (χ1) is 27.8. The maximum Gasteiger partial charge on any atom is 0.164 e. The van der Waals surface area contributed by atoms with Gasteiger partial charge in [-0.1, -0.05) is 158 Å². The molecule has 0 aliphatic rings. The SMILES string of the molecule is c1ccc(-c2cccc(-c3nc(-c4ccccc4)nc(-c4ccc(-n5c6ccccc6c6ccc7c8ccccc8sc7c65)cc4-c4ccccc4)n3)c2)cc1. The molecule has 3 heterocycles. The van der Waals surface area contributed by atoms with Gasteiger partial charge >= 0.3 is 0 Å². The average Bonchev–Trinajstić information content (AvgIpc) is 3.83. The molecule has 11 aromatic rings. The van der Waals surface area contributed by atoms with Crippen molar-refractivity contribution in [3.63, 3.8) is 0 Å². The molecule has 0 aliphatic heterocycles. The van der Waals surface area contributed by atoms with Gasteiger partial charge in [0.1, 0.15) is 0 Å². The lowest BCUT2D eigenvalue weighted by Gasteiger charge is -2.16. The summed E-state index contributed by atoms with van der Waals surface area (Å²) in [5.74, 6) is 1.89. The Bertz CT molecular complexity index is 3240. The number of rotatable bonds is 6. The van der Waals surface area contributed by atoms with E-state index >= 15 is 0 Å². The van der Waals surface area contributed by atoms with E-state index in [0.29, 0.717) is 17.5 Å². The molecule has 0 amide bonds. The van der Waals surface area contributed by atoms with E-state index in [9.17, 15) is 0 Å². The summed E-state index contributed by atoms with van der Waals surface area (Å²) in [4.78, 5) is 15.5. The predicted octanol–water partition coefficient (Wildman–Crippen LogP) is 13.7. The molecular formula is C51H32N4S. The van der Waals surface area contributed by atoms with Gasteiger partial charge in [-0.25, -0.2) is 15.0 Å².